The molecule has 4 N–H and O–H groups in total. The van der Waals surface area contributed by atoms with Crippen molar-refractivity contribution in [1.29, 1.82) is 0 Å². The fourth-order valence-corrected chi connectivity index (χ4v) is 0.497. The average molecular weight is 237 g/mol. The van der Waals surface area contributed by atoms with Crippen molar-refractivity contribution in [3.63, 3.8) is 0 Å². The Balaban J connectivity index is 5.50. The largest absolute Gasteiger partial charge is 0.478 e. The van der Waals surface area contributed by atoms with Crippen molar-refractivity contribution < 1.29 is 41.8 Å². The molecular weight excluding hydrogens is 233 g/mol. The van der Waals surface area contributed by atoms with Gasteiger partial charge in [-0.2, -0.15) is 17.6 Å². The minimum atomic E-state index is -6.09. The highest BCUT2D eigenvalue weighted by molar-refractivity contribution is 5.83. The topological polar surface area (TPSA) is 101 Å². The Labute approximate surface area is 78.3 Å². The molecule has 0 aliphatic rings. The minimum Gasteiger partial charge on any atom is -0.478 e. The van der Waals surface area contributed by atoms with Crippen LogP contribution in [0.4, 0.5) is 22.0 Å². The first kappa shape index (κ1) is 13.5. The van der Waals surface area contributed by atoms with Crippen LogP contribution in [0.15, 0.2) is 0 Å². The number of alkyl halides is 5. The Hall–Kier alpha value is -1.45. The summed E-state index contributed by atoms with van der Waals surface area (Å²) in [6.07, 6.45) is 0. The van der Waals surface area contributed by atoms with Gasteiger partial charge in [-0.05, 0) is 0 Å². The van der Waals surface area contributed by atoms with Gasteiger partial charge in [0.2, 0.25) is 0 Å². The van der Waals surface area contributed by atoms with Crippen LogP contribution < -0.4 is 5.73 Å². The molecule has 0 saturated heterocycles. The van der Waals surface area contributed by atoms with Crippen LogP contribution in [0, 0.1) is 0 Å². The molecule has 0 aromatic rings. The molecule has 1 atom stereocenters. The van der Waals surface area contributed by atoms with E-state index in [4.69, 9.17) is 10.2 Å². The number of rotatable bonds is 4. The van der Waals surface area contributed by atoms with Crippen LogP contribution in [0.3, 0.4) is 0 Å². The summed E-state index contributed by atoms with van der Waals surface area (Å²) in [5.41, 5.74) is 3.80. The van der Waals surface area contributed by atoms with Gasteiger partial charge in [0.25, 0.3) is 0 Å². The maximum Gasteiger partial charge on any atom is 0.409 e. The molecule has 0 saturated carbocycles. The summed E-state index contributed by atoms with van der Waals surface area (Å²) in [6, 6.07) is 0. The molecule has 88 valence electrons. The van der Waals surface area contributed by atoms with Crippen molar-refractivity contribution in [2.24, 2.45) is 5.73 Å². The number of carboxylic acid groups (broad SMARTS) is 2. The van der Waals surface area contributed by atoms with Gasteiger partial charge in [-0.1, -0.05) is 0 Å². The van der Waals surface area contributed by atoms with Crippen LogP contribution in [0.1, 0.15) is 0 Å². The lowest BCUT2D eigenvalue weighted by Crippen LogP contribution is -2.67. The molecule has 5 nitrogen and oxygen atoms in total. The lowest BCUT2D eigenvalue weighted by atomic mass is 10.0. The summed E-state index contributed by atoms with van der Waals surface area (Å²) in [4.78, 5) is 19.5. The third-order valence-corrected chi connectivity index (χ3v) is 1.43. The molecule has 0 bridgehead atoms. The van der Waals surface area contributed by atoms with Crippen LogP contribution in [-0.2, 0) is 9.59 Å². The van der Waals surface area contributed by atoms with Gasteiger partial charge in [0.15, 0.2) is 0 Å². The SMILES string of the molecule is N[C@](F)(C(=O)O)C(F)(F)C(F)(F)C(=O)O. The van der Waals surface area contributed by atoms with Gasteiger partial charge in [0.05, 0.1) is 0 Å². The summed E-state index contributed by atoms with van der Waals surface area (Å²) < 4.78 is 62.0. The predicted molar refractivity (Wildman–Crippen MR) is 33.2 cm³/mol. The van der Waals surface area contributed by atoms with Gasteiger partial charge in [-0.3, -0.25) is 5.73 Å². The van der Waals surface area contributed by atoms with E-state index in [0.717, 1.165) is 0 Å². The molecule has 0 heterocycles. The second-order valence-corrected chi connectivity index (χ2v) is 2.47. The summed E-state index contributed by atoms with van der Waals surface area (Å²) in [7, 11) is 0. The van der Waals surface area contributed by atoms with Crippen molar-refractivity contribution in [3.8, 4) is 0 Å². The Morgan fingerprint density at radius 1 is 0.933 bits per heavy atom. The van der Waals surface area contributed by atoms with E-state index in [1.54, 1.807) is 0 Å². The summed E-state index contributed by atoms with van der Waals surface area (Å²) in [6.45, 7) is 0. The van der Waals surface area contributed by atoms with Gasteiger partial charge in [-0.15, -0.1) is 0 Å². The molecule has 0 aromatic carbocycles. The average Bonchev–Trinajstić information content (AvgIpc) is 2.02. The van der Waals surface area contributed by atoms with E-state index in [0.29, 0.717) is 0 Å². The van der Waals surface area contributed by atoms with E-state index in [9.17, 15) is 31.5 Å². The molecule has 15 heavy (non-hydrogen) atoms. The lowest BCUT2D eigenvalue weighted by Gasteiger charge is -2.29. The predicted octanol–water partition coefficient (Wildman–Crippen LogP) is 0.0507. The fraction of sp³-hybridized carbons (Fsp3) is 0.600. The number of hydrogen-bond donors (Lipinski definition) is 3. The number of nitrogens with two attached hydrogens (primary N) is 1. The Kier molecular flexibility index (Phi) is 2.97. The highest BCUT2D eigenvalue weighted by atomic mass is 19.3. The molecular formula is C5H4F5NO4. The van der Waals surface area contributed by atoms with Gasteiger partial charge in [-0.25, -0.2) is 14.0 Å². The number of hydrogen-bond acceptors (Lipinski definition) is 3. The third kappa shape index (κ3) is 1.71. The first-order chi connectivity index (χ1) is 6.39. The summed E-state index contributed by atoms with van der Waals surface area (Å²) in [5.74, 6) is -23.7. The molecule has 0 spiro atoms. The fourth-order valence-electron chi connectivity index (χ4n) is 0.497. The first-order valence-corrected chi connectivity index (χ1v) is 3.09. The maximum atomic E-state index is 12.5. The zero-order chi connectivity index (χ0) is 12.7. The van der Waals surface area contributed by atoms with Crippen molar-refractivity contribution in [3.05, 3.63) is 0 Å². The van der Waals surface area contributed by atoms with Crippen LogP contribution in [0.2, 0.25) is 0 Å². The van der Waals surface area contributed by atoms with E-state index in [2.05, 4.69) is 5.73 Å². The lowest BCUT2D eigenvalue weighted by molar-refractivity contribution is -0.268. The molecule has 10 heteroatoms. The second kappa shape index (κ2) is 3.29. The zero-order valence-corrected chi connectivity index (χ0v) is 6.68. The van der Waals surface area contributed by atoms with Crippen molar-refractivity contribution in [2.75, 3.05) is 0 Å². The smallest absolute Gasteiger partial charge is 0.409 e. The van der Waals surface area contributed by atoms with E-state index in [1.165, 1.54) is 0 Å². The van der Waals surface area contributed by atoms with Crippen molar-refractivity contribution in [2.45, 2.75) is 17.6 Å². The van der Waals surface area contributed by atoms with Gasteiger partial charge in [0.1, 0.15) is 0 Å². The van der Waals surface area contributed by atoms with Crippen LogP contribution >= 0.6 is 0 Å². The normalized spacial score (nSPS) is 16.9. The Morgan fingerprint density at radius 3 is 1.47 bits per heavy atom. The van der Waals surface area contributed by atoms with Crippen LogP contribution in [-0.4, -0.2) is 39.8 Å². The quantitative estimate of drug-likeness (QED) is 0.473. The standard InChI is InChI=1S/C5H4F5NO4/c6-3(7,1(12)13)5(9,10)4(8,11)2(14)15/h11H2,(H,12,13)(H,14,15)/t4-/m1/s1. The first-order valence-electron chi connectivity index (χ1n) is 3.09. The number of carboxylic acids is 2. The van der Waals surface area contributed by atoms with E-state index in [-0.39, 0.29) is 0 Å². The van der Waals surface area contributed by atoms with E-state index in [1.807, 2.05) is 0 Å². The summed E-state index contributed by atoms with van der Waals surface area (Å²) >= 11 is 0. The monoisotopic (exact) mass is 237 g/mol. The van der Waals surface area contributed by atoms with Gasteiger partial charge in [0, 0.05) is 0 Å². The molecule has 0 fully saturated rings. The second-order valence-electron chi connectivity index (χ2n) is 2.47. The highest BCUT2D eigenvalue weighted by Crippen LogP contribution is 2.42. The molecule has 0 amide bonds. The number of aliphatic carboxylic acids is 2. The molecule has 0 rings (SSSR count). The van der Waals surface area contributed by atoms with E-state index >= 15 is 0 Å². The van der Waals surface area contributed by atoms with Crippen LogP contribution in [0.5, 0.6) is 0 Å². The number of halogens is 5. The zero-order valence-electron chi connectivity index (χ0n) is 6.68. The van der Waals surface area contributed by atoms with Crippen LogP contribution in [0.25, 0.3) is 0 Å². The molecule has 0 aromatic heterocycles. The Bertz CT molecular complexity index is 274. The minimum absolute atomic E-state index is 3.10. The Morgan fingerprint density at radius 2 is 1.27 bits per heavy atom. The maximum absolute atomic E-state index is 12.5. The van der Waals surface area contributed by atoms with Crippen molar-refractivity contribution >= 4 is 11.9 Å². The van der Waals surface area contributed by atoms with Gasteiger partial charge >= 0.3 is 29.6 Å². The highest BCUT2D eigenvalue weighted by Gasteiger charge is 2.76. The van der Waals surface area contributed by atoms with E-state index < -0.39 is 29.6 Å². The molecule has 0 unspecified atom stereocenters. The molecule has 0 aliphatic heterocycles. The molecule has 0 aliphatic carbocycles. The molecule has 0 radical (unpaired) electrons. The van der Waals surface area contributed by atoms with Crippen molar-refractivity contribution in [1.82, 2.24) is 0 Å². The summed E-state index contributed by atoms with van der Waals surface area (Å²) in [5, 5.41) is 15.5. The number of carbonyl (C=O) groups is 2. The van der Waals surface area contributed by atoms with Gasteiger partial charge < -0.3 is 10.2 Å². The third-order valence-electron chi connectivity index (χ3n) is 1.43.